The van der Waals surface area contributed by atoms with Crippen LogP contribution in [0.5, 0.6) is 0 Å². The smallest absolute Gasteiger partial charge is 0.361 e. The summed E-state index contributed by atoms with van der Waals surface area (Å²) in [5.41, 5.74) is 0.399. The van der Waals surface area contributed by atoms with Gasteiger partial charge in [-0.05, 0) is 32.4 Å². The van der Waals surface area contributed by atoms with Gasteiger partial charge in [-0.25, -0.2) is 8.42 Å². The topological polar surface area (TPSA) is 83.7 Å². The van der Waals surface area contributed by atoms with Crippen LogP contribution in [0.2, 0.25) is 0 Å². The number of halogens is 3. The first-order valence-electron chi connectivity index (χ1n) is 9.37. The van der Waals surface area contributed by atoms with Crippen LogP contribution in [0.3, 0.4) is 0 Å². The highest BCUT2D eigenvalue weighted by molar-refractivity contribution is 7.89. The molecular weight excluding hydrogens is 423 g/mol. The molecule has 2 aromatic rings. The lowest BCUT2D eigenvalue weighted by Gasteiger charge is -2.34. The monoisotopic (exact) mass is 445 g/mol. The molecule has 0 aliphatic carbocycles. The Kier molecular flexibility index (Phi) is 6.23. The number of hydrogen-bond acceptors (Lipinski definition) is 5. The van der Waals surface area contributed by atoms with Crippen LogP contribution in [0.15, 0.2) is 33.7 Å². The molecule has 0 atom stereocenters. The van der Waals surface area contributed by atoms with Crippen LogP contribution in [-0.2, 0) is 27.4 Å². The first-order chi connectivity index (χ1) is 14.0. The van der Waals surface area contributed by atoms with Crippen LogP contribution in [0.25, 0.3) is 0 Å². The average Bonchev–Trinajstić information content (AvgIpc) is 3.03. The van der Waals surface area contributed by atoms with Crippen molar-refractivity contribution in [3.05, 3.63) is 46.8 Å². The molecule has 3 rings (SSSR count). The van der Waals surface area contributed by atoms with Crippen molar-refractivity contribution in [2.45, 2.75) is 37.8 Å². The van der Waals surface area contributed by atoms with Crippen LogP contribution in [-0.4, -0.2) is 54.9 Å². The standard InChI is InChI=1S/C19H22F3N3O4S/c1-13-15(14(2)29-23-13)7-8-18(26)24-9-11-25(12-10-24)30(27,28)17-6-4-3-5-16(17)19(20,21)22/h3-6H,7-12H2,1-2H3. The normalized spacial score (nSPS) is 16.1. The molecule has 0 spiro atoms. The molecule has 0 bridgehead atoms. The van der Waals surface area contributed by atoms with Gasteiger partial charge in [0.2, 0.25) is 15.9 Å². The summed E-state index contributed by atoms with van der Waals surface area (Å²) in [5.74, 6) is 0.502. The third kappa shape index (κ3) is 4.51. The van der Waals surface area contributed by atoms with Gasteiger partial charge in [0.15, 0.2) is 0 Å². The van der Waals surface area contributed by atoms with Gasteiger partial charge in [-0.1, -0.05) is 17.3 Å². The summed E-state index contributed by atoms with van der Waals surface area (Å²) in [6.45, 7) is 3.67. The van der Waals surface area contributed by atoms with E-state index in [-0.39, 0.29) is 38.5 Å². The van der Waals surface area contributed by atoms with Crippen molar-refractivity contribution in [1.29, 1.82) is 0 Å². The number of aryl methyl sites for hydroxylation is 2. The summed E-state index contributed by atoms with van der Waals surface area (Å²) < 4.78 is 71.3. The molecule has 1 amide bonds. The van der Waals surface area contributed by atoms with E-state index < -0.39 is 26.7 Å². The lowest BCUT2D eigenvalue weighted by Crippen LogP contribution is -2.50. The van der Waals surface area contributed by atoms with E-state index in [1.54, 1.807) is 13.8 Å². The zero-order valence-electron chi connectivity index (χ0n) is 16.6. The second-order valence-corrected chi connectivity index (χ2v) is 8.99. The maximum Gasteiger partial charge on any atom is 0.417 e. The number of sulfonamides is 1. The Hall–Kier alpha value is -2.40. The number of carbonyl (C=O) groups excluding carboxylic acids is 1. The van der Waals surface area contributed by atoms with Crippen LogP contribution in [0.4, 0.5) is 13.2 Å². The minimum atomic E-state index is -4.78. The highest BCUT2D eigenvalue weighted by Gasteiger charge is 2.39. The molecule has 2 heterocycles. The van der Waals surface area contributed by atoms with Crippen molar-refractivity contribution in [3.63, 3.8) is 0 Å². The Morgan fingerprint density at radius 1 is 1.13 bits per heavy atom. The van der Waals surface area contributed by atoms with Gasteiger partial charge in [-0.3, -0.25) is 4.79 Å². The molecule has 0 unspecified atom stereocenters. The molecule has 164 valence electrons. The lowest BCUT2D eigenvalue weighted by atomic mass is 10.1. The van der Waals surface area contributed by atoms with Gasteiger partial charge in [0, 0.05) is 38.2 Å². The van der Waals surface area contributed by atoms with Gasteiger partial charge in [0.25, 0.3) is 0 Å². The van der Waals surface area contributed by atoms with Gasteiger partial charge in [-0.15, -0.1) is 0 Å². The maximum atomic E-state index is 13.2. The molecule has 1 aliphatic heterocycles. The van der Waals surface area contributed by atoms with Gasteiger partial charge < -0.3 is 9.42 Å². The number of piperazine rings is 1. The number of amides is 1. The fraction of sp³-hybridized carbons (Fsp3) is 0.474. The number of carbonyl (C=O) groups is 1. The Morgan fingerprint density at radius 2 is 1.77 bits per heavy atom. The minimum absolute atomic E-state index is 0.0639. The average molecular weight is 445 g/mol. The quantitative estimate of drug-likeness (QED) is 0.707. The van der Waals surface area contributed by atoms with E-state index in [2.05, 4.69) is 5.16 Å². The Balaban J connectivity index is 1.65. The lowest BCUT2D eigenvalue weighted by molar-refractivity contribution is -0.139. The number of benzene rings is 1. The SMILES string of the molecule is Cc1noc(C)c1CCC(=O)N1CCN(S(=O)(=O)c2ccccc2C(F)(F)F)CC1. The fourth-order valence-corrected chi connectivity index (χ4v) is 5.13. The first-order valence-corrected chi connectivity index (χ1v) is 10.8. The van der Waals surface area contributed by atoms with Crippen LogP contribution < -0.4 is 0 Å². The Morgan fingerprint density at radius 3 is 2.33 bits per heavy atom. The summed E-state index contributed by atoms with van der Waals surface area (Å²) in [7, 11) is -4.33. The van der Waals surface area contributed by atoms with E-state index in [4.69, 9.17) is 4.52 Å². The number of alkyl halides is 3. The second-order valence-electron chi connectivity index (χ2n) is 7.08. The molecule has 1 fully saturated rings. The number of aromatic nitrogens is 1. The zero-order valence-corrected chi connectivity index (χ0v) is 17.4. The highest BCUT2D eigenvalue weighted by atomic mass is 32.2. The Labute approximate surface area is 172 Å². The van der Waals surface area contributed by atoms with Crippen LogP contribution >= 0.6 is 0 Å². The van der Waals surface area contributed by atoms with Crippen molar-refractivity contribution < 1.29 is 30.9 Å². The molecule has 1 aromatic carbocycles. The first kappa shape index (κ1) is 22.3. The van der Waals surface area contributed by atoms with Crippen molar-refractivity contribution in [1.82, 2.24) is 14.4 Å². The van der Waals surface area contributed by atoms with E-state index in [9.17, 15) is 26.4 Å². The molecule has 0 saturated carbocycles. The summed E-state index contributed by atoms with van der Waals surface area (Å²) in [4.78, 5) is 13.2. The molecule has 0 radical (unpaired) electrons. The van der Waals surface area contributed by atoms with Crippen molar-refractivity contribution in [2.75, 3.05) is 26.2 Å². The summed E-state index contributed by atoms with van der Waals surface area (Å²) in [5, 5.41) is 3.84. The van der Waals surface area contributed by atoms with Crippen molar-refractivity contribution >= 4 is 15.9 Å². The van der Waals surface area contributed by atoms with Gasteiger partial charge >= 0.3 is 6.18 Å². The third-order valence-corrected chi connectivity index (χ3v) is 7.13. The van der Waals surface area contributed by atoms with Crippen LogP contribution in [0, 0.1) is 13.8 Å². The molecule has 1 aromatic heterocycles. The molecule has 7 nitrogen and oxygen atoms in total. The molecule has 11 heteroatoms. The summed E-state index contributed by atoms with van der Waals surface area (Å²) in [6, 6.07) is 4.12. The predicted molar refractivity (Wildman–Crippen MR) is 101 cm³/mol. The molecule has 30 heavy (non-hydrogen) atoms. The number of hydrogen-bond donors (Lipinski definition) is 0. The molecule has 1 aliphatic rings. The predicted octanol–water partition coefficient (Wildman–Crippen LogP) is 2.78. The van der Waals surface area contributed by atoms with Crippen molar-refractivity contribution in [2.24, 2.45) is 0 Å². The second kappa shape index (κ2) is 8.38. The molecule has 0 N–H and O–H groups in total. The largest absolute Gasteiger partial charge is 0.417 e. The van der Waals surface area contributed by atoms with E-state index in [1.807, 2.05) is 0 Å². The number of rotatable bonds is 5. The number of nitrogens with zero attached hydrogens (tertiary/aromatic N) is 3. The Bertz CT molecular complexity index is 1010. The molecule has 1 saturated heterocycles. The van der Waals surface area contributed by atoms with E-state index >= 15 is 0 Å². The summed E-state index contributed by atoms with van der Waals surface area (Å²) >= 11 is 0. The van der Waals surface area contributed by atoms with Gasteiger partial charge in [0.1, 0.15) is 5.76 Å². The van der Waals surface area contributed by atoms with Gasteiger partial charge in [0.05, 0.1) is 16.2 Å². The summed E-state index contributed by atoms with van der Waals surface area (Å²) in [6.07, 6.45) is -4.11. The molecular formula is C19H22F3N3O4S. The fourth-order valence-electron chi connectivity index (χ4n) is 3.49. The minimum Gasteiger partial charge on any atom is -0.361 e. The zero-order chi connectivity index (χ0) is 22.1. The van der Waals surface area contributed by atoms with Crippen LogP contribution in [0.1, 0.15) is 29.0 Å². The van der Waals surface area contributed by atoms with Gasteiger partial charge in [-0.2, -0.15) is 17.5 Å². The highest BCUT2D eigenvalue weighted by Crippen LogP contribution is 2.35. The van der Waals surface area contributed by atoms with E-state index in [0.717, 1.165) is 33.8 Å². The maximum absolute atomic E-state index is 13.2. The van der Waals surface area contributed by atoms with Crippen molar-refractivity contribution in [3.8, 4) is 0 Å². The third-order valence-electron chi connectivity index (χ3n) is 5.17. The van der Waals surface area contributed by atoms with E-state index in [0.29, 0.717) is 12.2 Å². The van der Waals surface area contributed by atoms with E-state index in [1.165, 1.54) is 11.0 Å².